The highest BCUT2D eigenvalue weighted by molar-refractivity contribution is 9.10. The van der Waals surface area contributed by atoms with Gasteiger partial charge in [-0.3, -0.25) is 0 Å². The lowest BCUT2D eigenvalue weighted by Crippen LogP contribution is -1.98. The summed E-state index contributed by atoms with van der Waals surface area (Å²) in [6.45, 7) is 0.758. The number of aromatic amines is 1. The van der Waals surface area contributed by atoms with Gasteiger partial charge in [0.1, 0.15) is 0 Å². The Bertz CT molecular complexity index is 512. The summed E-state index contributed by atoms with van der Waals surface area (Å²) < 4.78 is 0.905. The highest BCUT2D eigenvalue weighted by Crippen LogP contribution is 2.23. The van der Waals surface area contributed by atoms with Gasteiger partial charge in [-0.2, -0.15) is 5.26 Å². The van der Waals surface area contributed by atoms with Crippen molar-refractivity contribution in [1.29, 1.82) is 5.26 Å². The fourth-order valence-electron chi connectivity index (χ4n) is 1.39. The number of nitriles is 1. The molecule has 16 heavy (non-hydrogen) atoms. The molecule has 2 aromatic rings. The third-order valence-corrected chi connectivity index (χ3v) is 2.90. The van der Waals surface area contributed by atoms with Crippen LogP contribution in [-0.2, 0) is 6.54 Å². The quantitative estimate of drug-likeness (QED) is 0.904. The number of hydrogen-bond acceptors (Lipinski definition) is 2. The van der Waals surface area contributed by atoms with Crippen LogP contribution in [0.25, 0.3) is 0 Å². The molecule has 1 aromatic carbocycles. The van der Waals surface area contributed by atoms with E-state index in [4.69, 9.17) is 5.26 Å². The largest absolute Gasteiger partial charge is 0.380 e. The van der Waals surface area contributed by atoms with E-state index >= 15 is 0 Å². The molecule has 0 spiro atoms. The van der Waals surface area contributed by atoms with Gasteiger partial charge < -0.3 is 10.3 Å². The van der Waals surface area contributed by atoms with Crippen LogP contribution in [0.4, 0.5) is 5.69 Å². The van der Waals surface area contributed by atoms with E-state index in [0.29, 0.717) is 5.56 Å². The summed E-state index contributed by atoms with van der Waals surface area (Å²) in [4.78, 5) is 3.00. The highest BCUT2D eigenvalue weighted by Gasteiger charge is 2.01. The van der Waals surface area contributed by atoms with Gasteiger partial charge in [0.25, 0.3) is 0 Å². The van der Waals surface area contributed by atoms with Crippen LogP contribution in [0.2, 0.25) is 0 Å². The van der Waals surface area contributed by atoms with Crippen molar-refractivity contribution in [2.75, 3.05) is 5.32 Å². The van der Waals surface area contributed by atoms with Crippen LogP contribution in [0.15, 0.2) is 41.1 Å². The molecule has 2 rings (SSSR count). The first kappa shape index (κ1) is 10.8. The number of halogens is 1. The van der Waals surface area contributed by atoms with Gasteiger partial charge in [-0.05, 0) is 45.8 Å². The molecule has 80 valence electrons. The van der Waals surface area contributed by atoms with Crippen molar-refractivity contribution >= 4 is 21.6 Å². The fraction of sp³-hybridized carbons (Fsp3) is 0.0833. The van der Waals surface area contributed by atoms with E-state index in [1.165, 1.54) is 5.56 Å². The van der Waals surface area contributed by atoms with Crippen LogP contribution in [0.3, 0.4) is 0 Å². The van der Waals surface area contributed by atoms with Crippen molar-refractivity contribution < 1.29 is 0 Å². The molecular formula is C12H10BrN3. The zero-order valence-corrected chi connectivity index (χ0v) is 10.1. The normalized spacial score (nSPS) is 9.75. The summed E-state index contributed by atoms with van der Waals surface area (Å²) in [5.41, 5.74) is 2.83. The van der Waals surface area contributed by atoms with Crippen LogP contribution >= 0.6 is 15.9 Å². The number of hydrogen-bond donors (Lipinski definition) is 2. The van der Waals surface area contributed by atoms with E-state index in [1.54, 1.807) is 12.1 Å². The summed E-state index contributed by atoms with van der Waals surface area (Å²) in [5.74, 6) is 0. The van der Waals surface area contributed by atoms with Crippen molar-refractivity contribution in [2.24, 2.45) is 0 Å². The second-order valence-corrected chi connectivity index (χ2v) is 4.23. The zero-order chi connectivity index (χ0) is 11.4. The maximum atomic E-state index is 8.74. The highest BCUT2D eigenvalue weighted by atomic mass is 79.9. The molecule has 0 unspecified atom stereocenters. The fourth-order valence-corrected chi connectivity index (χ4v) is 1.91. The number of benzene rings is 1. The van der Waals surface area contributed by atoms with Gasteiger partial charge >= 0.3 is 0 Å². The van der Waals surface area contributed by atoms with Gasteiger partial charge in [-0.15, -0.1) is 0 Å². The van der Waals surface area contributed by atoms with Crippen molar-refractivity contribution in [3.05, 3.63) is 52.3 Å². The molecule has 0 bridgehead atoms. The van der Waals surface area contributed by atoms with Crippen LogP contribution in [0.1, 0.15) is 11.1 Å². The molecule has 2 N–H and O–H groups in total. The standard InChI is InChI=1S/C12H10BrN3/c13-11-5-9(6-14)1-2-12(11)16-8-10-3-4-15-7-10/h1-5,7,15-16H,8H2. The third-order valence-electron chi connectivity index (χ3n) is 2.24. The maximum absolute atomic E-state index is 8.74. The van der Waals surface area contributed by atoms with Crippen molar-refractivity contribution in [2.45, 2.75) is 6.54 Å². The molecule has 1 aromatic heterocycles. The number of aromatic nitrogens is 1. The first-order chi connectivity index (χ1) is 7.79. The molecule has 0 atom stereocenters. The Morgan fingerprint density at radius 2 is 2.25 bits per heavy atom. The molecule has 1 heterocycles. The summed E-state index contributed by atoms with van der Waals surface area (Å²) >= 11 is 3.43. The molecular weight excluding hydrogens is 266 g/mol. The van der Waals surface area contributed by atoms with Crippen molar-refractivity contribution in [1.82, 2.24) is 4.98 Å². The molecule has 4 heteroatoms. The number of H-pyrrole nitrogens is 1. The number of nitrogens with one attached hydrogen (secondary N) is 2. The SMILES string of the molecule is N#Cc1ccc(NCc2cc[nH]c2)c(Br)c1. The van der Waals surface area contributed by atoms with E-state index in [1.807, 2.05) is 24.5 Å². The topological polar surface area (TPSA) is 51.6 Å². The van der Waals surface area contributed by atoms with Gasteiger partial charge in [0, 0.05) is 29.1 Å². The number of rotatable bonds is 3. The van der Waals surface area contributed by atoms with Crippen LogP contribution in [0, 0.1) is 11.3 Å². The predicted octanol–water partition coefficient (Wildman–Crippen LogP) is 3.26. The summed E-state index contributed by atoms with van der Waals surface area (Å²) in [6.07, 6.45) is 3.84. The van der Waals surface area contributed by atoms with Crippen molar-refractivity contribution in [3.8, 4) is 6.07 Å². The minimum Gasteiger partial charge on any atom is -0.380 e. The van der Waals surface area contributed by atoms with Gasteiger partial charge in [0.05, 0.1) is 11.6 Å². The first-order valence-electron chi connectivity index (χ1n) is 4.85. The Balaban J connectivity index is 2.08. The minimum atomic E-state index is 0.652. The lowest BCUT2D eigenvalue weighted by atomic mass is 10.2. The van der Waals surface area contributed by atoms with Gasteiger partial charge in [-0.1, -0.05) is 0 Å². The molecule has 0 aliphatic carbocycles. The van der Waals surface area contributed by atoms with Gasteiger partial charge in [0.15, 0.2) is 0 Å². The Kier molecular flexibility index (Phi) is 3.28. The van der Waals surface area contributed by atoms with Crippen LogP contribution in [0.5, 0.6) is 0 Å². The molecule has 0 saturated carbocycles. The molecule has 0 aliphatic heterocycles. The van der Waals surface area contributed by atoms with E-state index < -0.39 is 0 Å². The van der Waals surface area contributed by atoms with Gasteiger partial charge in [-0.25, -0.2) is 0 Å². The lowest BCUT2D eigenvalue weighted by molar-refractivity contribution is 1.15. The molecule has 0 fully saturated rings. The molecule has 0 radical (unpaired) electrons. The first-order valence-corrected chi connectivity index (χ1v) is 5.64. The summed E-state index contributed by atoms with van der Waals surface area (Å²) in [6, 6.07) is 9.62. The average Bonchev–Trinajstić information content (AvgIpc) is 2.80. The van der Waals surface area contributed by atoms with E-state index in [-0.39, 0.29) is 0 Å². The summed E-state index contributed by atoms with van der Waals surface area (Å²) in [7, 11) is 0. The zero-order valence-electron chi connectivity index (χ0n) is 8.50. The second kappa shape index (κ2) is 4.86. The number of nitrogens with zero attached hydrogens (tertiary/aromatic N) is 1. The Morgan fingerprint density at radius 1 is 1.38 bits per heavy atom. The molecule has 3 nitrogen and oxygen atoms in total. The van der Waals surface area contributed by atoms with E-state index in [9.17, 15) is 0 Å². The van der Waals surface area contributed by atoms with E-state index in [2.05, 4.69) is 32.3 Å². The smallest absolute Gasteiger partial charge is 0.0992 e. The maximum Gasteiger partial charge on any atom is 0.0992 e. The monoisotopic (exact) mass is 275 g/mol. The predicted molar refractivity (Wildman–Crippen MR) is 67.0 cm³/mol. The van der Waals surface area contributed by atoms with E-state index in [0.717, 1.165) is 16.7 Å². The van der Waals surface area contributed by atoms with Crippen LogP contribution in [-0.4, -0.2) is 4.98 Å². The average molecular weight is 276 g/mol. The Morgan fingerprint density at radius 3 is 2.88 bits per heavy atom. The Hall–Kier alpha value is -1.73. The minimum absolute atomic E-state index is 0.652. The van der Waals surface area contributed by atoms with Gasteiger partial charge in [0.2, 0.25) is 0 Å². The van der Waals surface area contributed by atoms with Crippen LogP contribution < -0.4 is 5.32 Å². The molecule has 0 aliphatic rings. The number of anilines is 1. The third kappa shape index (κ3) is 2.44. The summed E-state index contributed by atoms with van der Waals surface area (Å²) in [5, 5.41) is 12.0. The molecule has 0 saturated heterocycles. The van der Waals surface area contributed by atoms with Crippen molar-refractivity contribution in [3.63, 3.8) is 0 Å². The Labute approximate surface area is 102 Å². The second-order valence-electron chi connectivity index (χ2n) is 3.38. The lowest BCUT2D eigenvalue weighted by Gasteiger charge is -2.07. The molecule has 0 amide bonds.